The molecule has 1 aliphatic heterocycles. The molecule has 0 amide bonds. The number of carbonyl (C=O) groups is 1. The van der Waals surface area contributed by atoms with Gasteiger partial charge in [-0.1, -0.05) is 0 Å². The molecule has 1 heterocycles. The van der Waals surface area contributed by atoms with Crippen molar-refractivity contribution in [3.8, 4) is 11.5 Å². The highest BCUT2D eigenvalue weighted by Gasteiger charge is 2.18. The molecule has 0 atom stereocenters. The third-order valence-electron chi connectivity index (χ3n) is 2.46. The lowest BCUT2D eigenvalue weighted by molar-refractivity contribution is 0.0695. The van der Waals surface area contributed by atoms with Gasteiger partial charge in [0, 0.05) is 5.56 Å². The summed E-state index contributed by atoms with van der Waals surface area (Å²) in [7, 11) is 1.54. The Morgan fingerprint density at radius 3 is 3.00 bits per heavy atom. The van der Waals surface area contributed by atoms with Crippen LogP contribution >= 0.6 is 0 Å². The summed E-state index contributed by atoms with van der Waals surface area (Å²) in [5.74, 6) is 0.271. The van der Waals surface area contributed by atoms with Gasteiger partial charge >= 0.3 is 5.97 Å². The maximum Gasteiger partial charge on any atom is 0.335 e. The summed E-state index contributed by atoms with van der Waals surface area (Å²) in [6, 6.07) is 3.09. The largest absolute Gasteiger partial charge is 0.496 e. The van der Waals surface area contributed by atoms with E-state index >= 15 is 0 Å². The zero-order valence-electron chi connectivity index (χ0n) is 8.45. The van der Waals surface area contributed by atoms with Gasteiger partial charge in [0.1, 0.15) is 11.5 Å². The molecule has 4 heteroatoms. The van der Waals surface area contributed by atoms with Crippen LogP contribution in [0.2, 0.25) is 0 Å². The number of methoxy groups -OCH3 is 1. The van der Waals surface area contributed by atoms with E-state index in [1.165, 1.54) is 13.2 Å². The second-order valence-corrected chi connectivity index (χ2v) is 3.41. The molecule has 15 heavy (non-hydrogen) atoms. The molecule has 0 saturated carbocycles. The second-order valence-electron chi connectivity index (χ2n) is 3.41. The first-order valence-electron chi connectivity index (χ1n) is 4.79. The van der Waals surface area contributed by atoms with E-state index in [-0.39, 0.29) is 5.56 Å². The zero-order valence-corrected chi connectivity index (χ0v) is 8.45. The van der Waals surface area contributed by atoms with Gasteiger partial charge in [0.15, 0.2) is 0 Å². The van der Waals surface area contributed by atoms with E-state index in [2.05, 4.69) is 0 Å². The fraction of sp³-hybridized carbons (Fsp3) is 0.364. The van der Waals surface area contributed by atoms with Crippen LogP contribution in [-0.4, -0.2) is 24.8 Å². The zero-order chi connectivity index (χ0) is 10.8. The van der Waals surface area contributed by atoms with Crippen LogP contribution in [0.15, 0.2) is 12.1 Å². The highest BCUT2D eigenvalue weighted by Crippen LogP contribution is 2.34. The fourth-order valence-electron chi connectivity index (χ4n) is 1.73. The molecule has 1 N–H and O–H groups in total. The molecule has 1 aromatic carbocycles. The molecular formula is C11H12O4. The van der Waals surface area contributed by atoms with E-state index in [0.29, 0.717) is 18.1 Å². The van der Waals surface area contributed by atoms with E-state index in [4.69, 9.17) is 14.6 Å². The van der Waals surface area contributed by atoms with Crippen molar-refractivity contribution >= 4 is 5.97 Å². The first-order chi connectivity index (χ1) is 7.22. The van der Waals surface area contributed by atoms with Crippen molar-refractivity contribution in [3.05, 3.63) is 23.3 Å². The number of carboxylic acids is 1. The summed E-state index contributed by atoms with van der Waals surface area (Å²) in [6.45, 7) is 0.638. The molecule has 4 nitrogen and oxygen atoms in total. The SMILES string of the molecule is COc1cc(C(=O)O)cc2c1CCCO2. The van der Waals surface area contributed by atoms with Gasteiger partial charge in [0.25, 0.3) is 0 Å². The van der Waals surface area contributed by atoms with Gasteiger partial charge < -0.3 is 14.6 Å². The predicted octanol–water partition coefficient (Wildman–Crippen LogP) is 1.72. The van der Waals surface area contributed by atoms with Gasteiger partial charge in [-0.15, -0.1) is 0 Å². The minimum absolute atomic E-state index is 0.201. The van der Waals surface area contributed by atoms with Crippen LogP contribution in [0.4, 0.5) is 0 Å². The highest BCUT2D eigenvalue weighted by atomic mass is 16.5. The highest BCUT2D eigenvalue weighted by molar-refractivity contribution is 5.89. The number of aromatic carboxylic acids is 1. The standard InChI is InChI=1S/C11H12O4/c1-14-9-5-7(11(12)13)6-10-8(9)3-2-4-15-10/h5-6H,2-4H2,1H3,(H,12,13). The minimum atomic E-state index is -0.967. The lowest BCUT2D eigenvalue weighted by Crippen LogP contribution is -2.11. The van der Waals surface area contributed by atoms with E-state index in [0.717, 1.165) is 18.4 Å². The van der Waals surface area contributed by atoms with Crippen molar-refractivity contribution in [1.82, 2.24) is 0 Å². The summed E-state index contributed by atoms with van der Waals surface area (Å²) < 4.78 is 10.6. The molecule has 0 fully saturated rings. The third kappa shape index (κ3) is 1.75. The van der Waals surface area contributed by atoms with Gasteiger partial charge in [-0.3, -0.25) is 0 Å². The number of ether oxygens (including phenoxy) is 2. The number of fused-ring (bicyclic) bond motifs is 1. The molecule has 2 rings (SSSR count). The van der Waals surface area contributed by atoms with Crippen LogP contribution < -0.4 is 9.47 Å². The smallest absolute Gasteiger partial charge is 0.335 e. The third-order valence-corrected chi connectivity index (χ3v) is 2.46. The van der Waals surface area contributed by atoms with Gasteiger partial charge in [0.05, 0.1) is 19.3 Å². The summed E-state index contributed by atoms with van der Waals surface area (Å²) in [6.07, 6.45) is 1.81. The van der Waals surface area contributed by atoms with Crippen LogP contribution in [0.1, 0.15) is 22.3 Å². The summed E-state index contributed by atoms with van der Waals surface area (Å²) >= 11 is 0. The van der Waals surface area contributed by atoms with Gasteiger partial charge in [-0.25, -0.2) is 4.79 Å². The van der Waals surface area contributed by atoms with Crippen molar-refractivity contribution in [3.63, 3.8) is 0 Å². The molecule has 1 aliphatic rings. The molecule has 0 saturated heterocycles. The molecule has 0 aliphatic carbocycles. The Kier molecular flexibility index (Phi) is 2.49. The van der Waals surface area contributed by atoms with Crippen molar-refractivity contribution in [2.24, 2.45) is 0 Å². The normalized spacial score (nSPS) is 13.9. The first-order valence-corrected chi connectivity index (χ1v) is 4.79. The van der Waals surface area contributed by atoms with Gasteiger partial charge in [-0.2, -0.15) is 0 Å². The van der Waals surface area contributed by atoms with Crippen LogP contribution in [0.25, 0.3) is 0 Å². The van der Waals surface area contributed by atoms with Crippen molar-refractivity contribution in [1.29, 1.82) is 0 Å². The van der Waals surface area contributed by atoms with E-state index < -0.39 is 5.97 Å². The summed E-state index contributed by atoms with van der Waals surface area (Å²) in [5.41, 5.74) is 1.17. The van der Waals surface area contributed by atoms with E-state index in [9.17, 15) is 4.79 Å². The predicted molar refractivity (Wildman–Crippen MR) is 53.8 cm³/mol. The molecule has 0 spiro atoms. The van der Waals surface area contributed by atoms with Crippen molar-refractivity contribution in [2.45, 2.75) is 12.8 Å². The van der Waals surface area contributed by atoms with Crippen molar-refractivity contribution in [2.75, 3.05) is 13.7 Å². The Balaban J connectivity index is 2.52. The Bertz CT molecular complexity index is 381. The number of carboxylic acid groups (broad SMARTS) is 1. The Labute approximate surface area is 87.4 Å². The Morgan fingerprint density at radius 1 is 1.53 bits per heavy atom. The fourth-order valence-corrected chi connectivity index (χ4v) is 1.73. The quantitative estimate of drug-likeness (QED) is 0.803. The molecule has 0 radical (unpaired) electrons. The average molecular weight is 208 g/mol. The maximum atomic E-state index is 10.8. The monoisotopic (exact) mass is 208 g/mol. The van der Waals surface area contributed by atoms with E-state index in [1.807, 2.05) is 0 Å². The molecule has 0 aromatic heterocycles. The Morgan fingerprint density at radius 2 is 2.33 bits per heavy atom. The molecule has 0 unspecified atom stereocenters. The lowest BCUT2D eigenvalue weighted by Gasteiger charge is -2.20. The number of benzene rings is 1. The minimum Gasteiger partial charge on any atom is -0.496 e. The molecular weight excluding hydrogens is 196 g/mol. The lowest BCUT2D eigenvalue weighted by atomic mass is 10.0. The number of hydrogen-bond donors (Lipinski definition) is 1. The number of rotatable bonds is 2. The van der Waals surface area contributed by atoms with E-state index in [1.54, 1.807) is 6.07 Å². The number of hydrogen-bond acceptors (Lipinski definition) is 3. The van der Waals surface area contributed by atoms with Crippen LogP contribution in [0.5, 0.6) is 11.5 Å². The van der Waals surface area contributed by atoms with Crippen LogP contribution in [0, 0.1) is 0 Å². The van der Waals surface area contributed by atoms with Gasteiger partial charge in [0.2, 0.25) is 0 Å². The molecule has 1 aromatic rings. The molecule has 0 bridgehead atoms. The average Bonchev–Trinajstić information content (AvgIpc) is 2.27. The summed E-state index contributed by atoms with van der Waals surface area (Å²) in [4.78, 5) is 10.8. The molecule has 80 valence electrons. The topological polar surface area (TPSA) is 55.8 Å². The van der Waals surface area contributed by atoms with Crippen LogP contribution in [0.3, 0.4) is 0 Å². The summed E-state index contributed by atoms with van der Waals surface area (Å²) in [5, 5.41) is 8.90. The second kappa shape index (κ2) is 3.81. The maximum absolute atomic E-state index is 10.8. The van der Waals surface area contributed by atoms with Crippen molar-refractivity contribution < 1.29 is 19.4 Å². The first kappa shape index (κ1) is 9.83. The van der Waals surface area contributed by atoms with Gasteiger partial charge in [-0.05, 0) is 25.0 Å². The Hall–Kier alpha value is -1.71. The van der Waals surface area contributed by atoms with Crippen LogP contribution in [-0.2, 0) is 6.42 Å².